The van der Waals surface area contributed by atoms with Gasteiger partial charge in [-0.3, -0.25) is 0 Å². The van der Waals surface area contributed by atoms with Crippen LogP contribution in [0.15, 0.2) is 0 Å². The predicted octanol–water partition coefficient (Wildman–Crippen LogP) is 1.02. The van der Waals surface area contributed by atoms with Crippen LogP contribution in [0, 0.1) is 0 Å². The molecule has 7 heteroatoms. The molecule has 0 radical (unpaired) electrons. The first-order valence-corrected chi connectivity index (χ1v) is 3.03. The van der Waals surface area contributed by atoms with E-state index >= 15 is 0 Å². The van der Waals surface area contributed by atoms with Crippen LogP contribution < -0.4 is 11.5 Å². The van der Waals surface area contributed by atoms with Gasteiger partial charge >= 0.3 is 0 Å². The van der Waals surface area contributed by atoms with Gasteiger partial charge in [0, 0.05) is 19.5 Å². The summed E-state index contributed by atoms with van der Waals surface area (Å²) < 4.78 is 8.52. The van der Waals surface area contributed by atoms with Gasteiger partial charge in [0.25, 0.3) is 10.3 Å². The van der Waals surface area contributed by atoms with Crippen LogP contribution in [-0.4, -0.2) is 24.6 Å². The standard InChI is InChI=1S/2C2H5NOS.2CH4.Zn/c2*1-4-2(3)5;;;/h2*1H3,(H2,3,5);2*1H4;. The maximum atomic E-state index is 4.80. The second kappa shape index (κ2) is 22.7. The van der Waals surface area contributed by atoms with Gasteiger partial charge in [-0.25, -0.2) is 0 Å². The molecule has 0 aromatic heterocycles. The minimum Gasteiger partial charge on any atom is -0.475 e. The molecule has 0 atom stereocenters. The first-order chi connectivity index (χ1) is 4.54. The zero-order chi connectivity index (χ0) is 8.57. The van der Waals surface area contributed by atoms with Crippen molar-refractivity contribution in [3.8, 4) is 0 Å². The molecule has 78 valence electrons. The first kappa shape index (κ1) is 29.2. The van der Waals surface area contributed by atoms with E-state index in [4.69, 9.17) is 11.5 Å². The van der Waals surface area contributed by atoms with Crippen LogP contribution in [0.5, 0.6) is 0 Å². The van der Waals surface area contributed by atoms with E-state index in [0.717, 1.165) is 0 Å². The van der Waals surface area contributed by atoms with Crippen molar-refractivity contribution < 1.29 is 29.0 Å². The van der Waals surface area contributed by atoms with Crippen LogP contribution in [0.4, 0.5) is 0 Å². The van der Waals surface area contributed by atoms with Crippen LogP contribution in [-0.2, 0) is 29.0 Å². The van der Waals surface area contributed by atoms with E-state index in [2.05, 4.69) is 33.9 Å². The molecule has 0 unspecified atom stereocenters. The van der Waals surface area contributed by atoms with Crippen LogP contribution in [0.3, 0.4) is 0 Å². The Balaban J connectivity index is -0.0000000267. The SMILES string of the molecule is C.C.COC(N)=S.COC(N)=S.[Zn]. The van der Waals surface area contributed by atoms with Crippen LogP contribution in [0.25, 0.3) is 0 Å². The topological polar surface area (TPSA) is 70.5 Å². The fraction of sp³-hybridized carbons (Fsp3) is 0.667. The molecule has 0 aromatic carbocycles. The molecule has 0 heterocycles. The van der Waals surface area contributed by atoms with Crippen molar-refractivity contribution in [2.45, 2.75) is 14.9 Å². The molecule has 0 fully saturated rings. The summed E-state index contributed by atoms with van der Waals surface area (Å²) in [5.41, 5.74) is 9.60. The second-order valence-electron chi connectivity index (χ2n) is 1.05. The normalized spacial score (nSPS) is 5.08. The number of hydrogen-bond donors (Lipinski definition) is 2. The Kier molecular flexibility index (Phi) is 51.0. The van der Waals surface area contributed by atoms with E-state index in [9.17, 15) is 0 Å². The Morgan fingerprint density at radius 1 is 0.923 bits per heavy atom. The predicted molar refractivity (Wildman–Crippen MR) is 61.1 cm³/mol. The third-order valence-electron chi connectivity index (χ3n) is 0.402. The Morgan fingerprint density at radius 3 is 1.00 bits per heavy atom. The van der Waals surface area contributed by atoms with E-state index in [1.54, 1.807) is 0 Å². The quantitative estimate of drug-likeness (QED) is 0.510. The number of hydrogen-bond acceptors (Lipinski definition) is 4. The molecule has 0 saturated carbocycles. The molecule has 0 rings (SSSR count). The zero-order valence-corrected chi connectivity index (χ0v) is 11.1. The fourth-order valence-corrected chi connectivity index (χ4v) is 0. The second-order valence-corrected chi connectivity index (χ2v) is 1.85. The van der Waals surface area contributed by atoms with Crippen molar-refractivity contribution in [3.63, 3.8) is 0 Å². The summed E-state index contributed by atoms with van der Waals surface area (Å²) in [6.45, 7) is 0. The molecule has 4 N–H and O–H groups in total. The van der Waals surface area contributed by atoms with Gasteiger partial charge in [0.15, 0.2) is 0 Å². The number of thiocarbonyl (C=S) groups is 2. The Labute approximate surface area is 104 Å². The third-order valence-corrected chi connectivity index (χ3v) is 0.736. The molecule has 0 aromatic rings. The number of nitrogens with two attached hydrogens (primary N) is 2. The molecular formula is C6H18N2O2S2Zn. The first-order valence-electron chi connectivity index (χ1n) is 2.21. The Morgan fingerprint density at radius 2 is 1.00 bits per heavy atom. The average Bonchev–Trinajstić information content (AvgIpc) is 1.89. The zero-order valence-electron chi connectivity index (χ0n) is 6.49. The molecule has 0 spiro atoms. The molecule has 4 nitrogen and oxygen atoms in total. The molecule has 0 aliphatic heterocycles. The molecular weight excluding hydrogens is 262 g/mol. The van der Waals surface area contributed by atoms with Crippen molar-refractivity contribution in [2.24, 2.45) is 11.5 Å². The van der Waals surface area contributed by atoms with Gasteiger partial charge in [-0.1, -0.05) is 14.9 Å². The molecule has 13 heavy (non-hydrogen) atoms. The van der Waals surface area contributed by atoms with Gasteiger partial charge in [-0.05, 0) is 24.4 Å². The van der Waals surface area contributed by atoms with Crippen molar-refractivity contribution >= 4 is 34.8 Å². The monoisotopic (exact) mass is 278 g/mol. The molecule has 0 saturated heterocycles. The van der Waals surface area contributed by atoms with Crippen LogP contribution >= 0.6 is 24.4 Å². The maximum absolute atomic E-state index is 4.80. The van der Waals surface area contributed by atoms with Gasteiger partial charge in [0.2, 0.25) is 0 Å². The van der Waals surface area contributed by atoms with Crippen LogP contribution in [0.1, 0.15) is 14.9 Å². The summed E-state index contributed by atoms with van der Waals surface area (Å²) in [5, 5.41) is 0.176. The van der Waals surface area contributed by atoms with E-state index in [-0.39, 0.29) is 44.7 Å². The minimum atomic E-state index is 0. The van der Waals surface area contributed by atoms with E-state index in [0.29, 0.717) is 0 Å². The number of methoxy groups -OCH3 is 2. The molecule has 0 aliphatic carbocycles. The maximum Gasteiger partial charge on any atom is 0.253 e. The fourth-order valence-electron chi connectivity index (χ4n) is 0. The van der Waals surface area contributed by atoms with Crippen LogP contribution in [0.2, 0.25) is 0 Å². The van der Waals surface area contributed by atoms with Gasteiger partial charge in [0.1, 0.15) is 0 Å². The Hall–Kier alpha value is 0.00338. The van der Waals surface area contributed by atoms with Gasteiger partial charge in [-0.2, -0.15) is 0 Å². The summed E-state index contributed by atoms with van der Waals surface area (Å²) in [4.78, 5) is 0. The summed E-state index contributed by atoms with van der Waals surface area (Å²) in [6.07, 6.45) is 0. The summed E-state index contributed by atoms with van der Waals surface area (Å²) in [6, 6.07) is 0. The van der Waals surface area contributed by atoms with Gasteiger partial charge < -0.3 is 20.9 Å². The number of rotatable bonds is 0. The van der Waals surface area contributed by atoms with Crippen molar-refractivity contribution in [1.29, 1.82) is 0 Å². The molecule has 0 bridgehead atoms. The van der Waals surface area contributed by atoms with Gasteiger partial charge in [0.05, 0.1) is 14.2 Å². The van der Waals surface area contributed by atoms with Crippen molar-refractivity contribution in [1.82, 2.24) is 0 Å². The molecule has 0 amide bonds. The smallest absolute Gasteiger partial charge is 0.253 e. The molecule has 0 aliphatic rings. The third kappa shape index (κ3) is 74.9. The average molecular weight is 280 g/mol. The van der Waals surface area contributed by atoms with Crippen molar-refractivity contribution in [2.75, 3.05) is 14.2 Å². The van der Waals surface area contributed by atoms with E-state index in [1.165, 1.54) is 14.2 Å². The van der Waals surface area contributed by atoms with E-state index in [1.807, 2.05) is 0 Å². The van der Waals surface area contributed by atoms with Gasteiger partial charge in [-0.15, -0.1) is 0 Å². The minimum absolute atomic E-state index is 0. The number of ether oxygens (including phenoxy) is 2. The van der Waals surface area contributed by atoms with E-state index < -0.39 is 0 Å². The summed E-state index contributed by atoms with van der Waals surface area (Å²) in [5.74, 6) is 0. The van der Waals surface area contributed by atoms with Crippen molar-refractivity contribution in [3.05, 3.63) is 0 Å². The largest absolute Gasteiger partial charge is 0.475 e. The summed E-state index contributed by atoms with van der Waals surface area (Å²) >= 11 is 8.50. The Bertz CT molecular complexity index is 111. The summed E-state index contributed by atoms with van der Waals surface area (Å²) in [7, 11) is 2.87.